The largest absolute Gasteiger partial charge is 0.573 e. The fourth-order valence-corrected chi connectivity index (χ4v) is 2.51. The Morgan fingerprint density at radius 1 is 1.25 bits per heavy atom. The van der Waals surface area contributed by atoms with Crippen LogP contribution in [0.2, 0.25) is 0 Å². The van der Waals surface area contributed by atoms with Crippen molar-refractivity contribution >= 4 is 6.03 Å². The Bertz CT molecular complexity index is 526. The molecule has 1 saturated heterocycles. The fraction of sp³-hybridized carbons (Fsp3) is 0.562. The van der Waals surface area contributed by atoms with E-state index >= 15 is 0 Å². The van der Waals surface area contributed by atoms with Crippen molar-refractivity contribution < 1.29 is 27.4 Å². The van der Waals surface area contributed by atoms with Gasteiger partial charge in [-0.2, -0.15) is 0 Å². The van der Waals surface area contributed by atoms with Crippen molar-refractivity contribution in [3.63, 3.8) is 0 Å². The third kappa shape index (κ3) is 6.27. The monoisotopic (exact) mass is 346 g/mol. The molecule has 1 aromatic rings. The van der Waals surface area contributed by atoms with E-state index in [0.29, 0.717) is 18.8 Å². The van der Waals surface area contributed by atoms with Gasteiger partial charge in [0.1, 0.15) is 5.75 Å². The van der Waals surface area contributed by atoms with Crippen LogP contribution in [0.3, 0.4) is 0 Å². The maximum absolute atomic E-state index is 12.1. The molecule has 0 saturated carbocycles. The van der Waals surface area contributed by atoms with Gasteiger partial charge in [-0.15, -0.1) is 13.2 Å². The van der Waals surface area contributed by atoms with Gasteiger partial charge in [-0.25, -0.2) is 4.79 Å². The summed E-state index contributed by atoms with van der Waals surface area (Å²) in [6, 6.07) is 4.86. The summed E-state index contributed by atoms with van der Waals surface area (Å²) in [5.41, 5.74) is 0.684. The Morgan fingerprint density at radius 3 is 2.62 bits per heavy atom. The lowest BCUT2D eigenvalue weighted by Gasteiger charge is -2.20. The number of alkyl halides is 3. The molecule has 1 aromatic carbocycles. The van der Waals surface area contributed by atoms with Crippen LogP contribution in [-0.4, -0.2) is 31.6 Å². The molecule has 0 spiro atoms. The van der Waals surface area contributed by atoms with Crippen molar-refractivity contribution in [1.82, 2.24) is 10.6 Å². The Labute approximate surface area is 138 Å². The Kier molecular flexibility index (Phi) is 6.30. The number of hydrogen-bond acceptors (Lipinski definition) is 3. The molecule has 5 nitrogen and oxygen atoms in total. The topological polar surface area (TPSA) is 59.6 Å². The first-order chi connectivity index (χ1) is 11.3. The molecule has 24 heavy (non-hydrogen) atoms. The zero-order valence-corrected chi connectivity index (χ0v) is 13.4. The summed E-state index contributed by atoms with van der Waals surface area (Å²) in [6.07, 6.45) is -2.18. The molecule has 2 rings (SSSR count). The number of rotatable bonds is 4. The molecule has 0 aromatic heterocycles. The Hall–Kier alpha value is -1.96. The number of amides is 2. The van der Waals surface area contributed by atoms with E-state index in [4.69, 9.17) is 4.74 Å². The molecule has 2 unspecified atom stereocenters. The number of ether oxygens (including phenoxy) is 2. The van der Waals surface area contributed by atoms with Gasteiger partial charge in [-0.1, -0.05) is 12.1 Å². The average Bonchev–Trinajstić information content (AvgIpc) is 2.74. The van der Waals surface area contributed by atoms with Crippen molar-refractivity contribution in [2.75, 3.05) is 13.2 Å². The molecule has 0 aliphatic carbocycles. The van der Waals surface area contributed by atoms with Crippen LogP contribution in [0.5, 0.6) is 5.75 Å². The first kappa shape index (κ1) is 18.4. The SMILES string of the molecule is CC(NC(=O)NC1CCCOCC1)c1ccc(OC(F)(F)F)cc1. The summed E-state index contributed by atoms with van der Waals surface area (Å²) in [7, 11) is 0. The summed E-state index contributed by atoms with van der Waals surface area (Å²) in [5, 5.41) is 5.68. The predicted octanol–water partition coefficient (Wildman–Crippen LogP) is 3.51. The molecule has 134 valence electrons. The minimum atomic E-state index is -4.71. The molecular formula is C16H21F3N2O3. The lowest BCUT2D eigenvalue weighted by molar-refractivity contribution is -0.274. The van der Waals surface area contributed by atoms with E-state index in [0.717, 1.165) is 19.3 Å². The molecular weight excluding hydrogens is 325 g/mol. The van der Waals surface area contributed by atoms with Crippen LogP contribution in [0.4, 0.5) is 18.0 Å². The molecule has 2 amide bonds. The van der Waals surface area contributed by atoms with Gasteiger partial charge in [0.05, 0.1) is 6.04 Å². The molecule has 8 heteroatoms. The average molecular weight is 346 g/mol. The number of urea groups is 1. The second kappa shape index (κ2) is 8.23. The summed E-state index contributed by atoms with van der Waals surface area (Å²) < 4.78 is 45.5. The van der Waals surface area contributed by atoms with E-state index in [1.165, 1.54) is 24.3 Å². The standard InChI is InChI=1S/C16H21F3N2O3/c1-11(12-4-6-14(7-5-12)24-16(17,18)19)20-15(22)21-13-3-2-9-23-10-8-13/h4-7,11,13H,2-3,8-10H2,1H3,(H2,20,21,22). The number of halogens is 3. The number of carbonyl (C=O) groups excluding carboxylic acids is 1. The van der Waals surface area contributed by atoms with Crippen LogP contribution in [-0.2, 0) is 4.74 Å². The third-order valence-electron chi connectivity index (χ3n) is 3.75. The second-order valence-corrected chi connectivity index (χ2v) is 5.70. The van der Waals surface area contributed by atoms with E-state index < -0.39 is 6.36 Å². The molecule has 0 bridgehead atoms. The second-order valence-electron chi connectivity index (χ2n) is 5.70. The van der Waals surface area contributed by atoms with Crippen LogP contribution in [0.1, 0.15) is 37.8 Å². The predicted molar refractivity (Wildman–Crippen MR) is 81.7 cm³/mol. The molecule has 1 heterocycles. The van der Waals surface area contributed by atoms with Gasteiger partial charge in [-0.05, 0) is 43.9 Å². The Morgan fingerprint density at radius 2 is 1.96 bits per heavy atom. The van der Waals surface area contributed by atoms with Gasteiger partial charge in [0.2, 0.25) is 0 Å². The number of hydrogen-bond donors (Lipinski definition) is 2. The number of carbonyl (C=O) groups is 1. The van der Waals surface area contributed by atoms with Gasteiger partial charge < -0.3 is 20.1 Å². The highest BCUT2D eigenvalue weighted by molar-refractivity contribution is 5.74. The zero-order valence-electron chi connectivity index (χ0n) is 13.4. The quantitative estimate of drug-likeness (QED) is 0.877. The highest BCUT2D eigenvalue weighted by atomic mass is 19.4. The fourth-order valence-electron chi connectivity index (χ4n) is 2.51. The molecule has 1 aliphatic heterocycles. The molecule has 1 fully saturated rings. The van der Waals surface area contributed by atoms with Gasteiger partial charge >= 0.3 is 12.4 Å². The van der Waals surface area contributed by atoms with E-state index in [1.807, 2.05) is 0 Å². The summed E-state index contributed by atoms with van der Waals surface area (Å²) in [6.45, 7) is 3.10. The van der Waals surface area contributed by atoms with Gasteiger partial charge in [0.15, 0.2) is 0 Å². The minimum Gasteiger partial charge on any atom is -0.406 e. The third-order valence-corrected chi connectivity index (χ3v) is 3.75. The Balaban J connectivity index is 1.84. The smallest absolute Gasteiger partial charge is 0.406 e. The first-order valence-electron chi connectivity index (χ1n) is 7.84. The summed E-state index contributed by atoms with van der Waals surface area (Å²) >= 11 is 0. The maximum Gasteiger partial charge on any atom is 0.573 e. The van der Waals surface area contributed by atoms with E-state index in [-0.39, 0.29) is 23.9 Å². The van der Waals surface area contributed by atoms with Crippen LogP contribution in [0, 0.1) is 0 Å². The summed E-state index contributed by atoms with van der Waals surface area (Å²) in [5.74, 6) is -0.290. The summed E-state index contributed by atoms with van der Waals surface area (Å²) in [4.78, 5) is 12.0. The lowest BCUT2D eigenvalue weighted by Crippen LogP contribution is -2.43. The zero-order chi connectivity index (χ0) is 17.6. The van der Waals surface area contributed by atoms with E-state index in [1.54, 1.807) is 6.92 Å². The highest BCUT2D eigenvalue weighted by Gasteiger charge is 2.31. The van der Waals surface area contributed by atoms with Crippen LogP contribution < -0.4 is 15.4 Å². The number of nitrogens with one attached hydrogen (secondary N) is 2. The molecule has 0 radical (unpaired) electrons. The normalized spacial score (nSPS) is 19.9. The van der Waals surface area contributed by atoms with Gasteiger partial charge in [-0.3, -0.25) is 0 Å². The molecule has 2 atom stereocenters. The molecule has 1 aliphatic rings. The number of benzene rings is 1. The van der Waals surface area contributed by atoms with Crippen molar-refractivity contribution in [1.29, 1.82) is 0 Å². The first-order valence-corrected chi connectivity index (χ1v) is 7.84. The maximum atomic E-state index is 12.1. The van der Waals surface area contributed by atoms with Crippen molar-refractivity contribution in [2.45, 2.75) is 44.6 Å². The lowest BCUT2D eigenvalue weighted by atomic mass is 10.1. The minimum absolute atomic E-state index is 0.0715. The van der Waals surface area contributed by atoms with Gasteiger partial charge in [0.25, 0.3) is 0 Å². The van der Waals surface area contributed by atoms with Crippen molar-refractivity contribution in [3.8, 4) is 5.75 Å². The van der Waals surface area contributed by atoms with Gasteiger partial charge in [0, 0.05) is 19.3 Å². The molecule has 2 N–H and O–H groups in total. The van der Waals surface area contributed by atoms with Crippen molar-refractivity contribution in [3.05, 3.63) is 29.8 Å². The van der Waals surface area contributed by atoms with Crippen LogP contribution >= 0.6 is 0 Å². The highest BCUT2D eigenvalue weighted by Crippen LogP contribution is 2.24. The van der Waals surface area contributed by atoms with Crippen LogP contribution in [0.25, 0.3) is 0 Å². The van der Waals surface area contributed by atoms with E-state index in [9.17, 15) is 18.0 Å². The van der Waals surface area contributed by atoms with Crippen molar-refractivity contribution in [2.24, 2.45) is 0 Å². The van der Waals surface area contributed by atoms with E-state index in [2.05, 4.69) is 15.4 Å². The van der Waals surface area contributed by atoms with Crippen LogP contribution in [0.15, 0.2) is 24.3 Å².